The Morgan fingerprint density at radius 1 is 1.33 bits per heavy atom. The zero-order valence-corrected chi connectivity index (χ0v) is 10.0. The third kappa shape index (κ3) is 3.44. The molecule has 0 aromatic rings. The molecule has 3 nitrogen and oxygen atoms in total. The van der Waals surface area contributed by atoms with E-state index in [1.807, 2.05) is 0 Å². The Morgan fingerprint density at radius 2 is 2.13 bits per heavy atom. The summed E-state index contributed by atoms with van der Waals surface area (Å²) in [7, 11) is 4.39. The standard InChI is InChI=1S/C12H24N2O/c1-14(2)12(10-5-6-10)8-13-11-4-3-7-15-9-11/h10-13H,3-9H2,1-2H3. The highest BCUT2D eigenvalue weighted by Gasteiger charge is 2.32. The van der Waals surface area contributed by atoms with Crippen molar-refractivity contribution in [2.45, 2.75) is 37.8 Å². The fourth-order valence-corrected chi connectivity index (χ4v) is 2.44. The van der Waals surface area contributed by atoms with E-state index in [4.69, 9.17) is 4.74 Å². The van der Waals surface area contributed by atoms with Crippen molar-refractivity contribution in [1.29, 1.82) is 0 Å². The van der Waals surface area contributed by atoms with E-state index in [0.717, 1.165) is 31.7 Å². The average Bonchev–Trinajstić information content (AvgIpc) is 3.03. The SMILES string of the molecule is CN(C)C(CNC1CCCOC1)C1CC1. The number of hydrogen-bond donors (Lipinski definition) is 1. The fraction of sp³-hybridized carbons (Fsp3) is 1.00. The van der Waals surface area contributed by atoms with Gasteiger partial charge >= 0.3 is 0 Å². The van der Waals surface area contributed by atoms with Gasteiger partial charge in [-0.3, -0.25) is 0 Å². The quantitative estimate of drug-likeness (QED) is 0.738. The first-order valence-corrected chi connectivity index (χ1v) is 6.25. The monoisotopic (exact) mass is 212 g/mol. The number of nitrogens with zero attached hydrogens (tertiary/aromatic N) is 1. The van der Waals surface area contributed by atoms with E-state index >= 15 is 0 Å². The van der Waals surface area contributed by atoms with Crippen LogP contribution in [0.15, 0.2) is 0 Å². The van der Waals surface area contributed by atoms with Crippen LogP contribution in [0.25, 0.3) is 0 Å². The Morgan fingerprint density at radius 3 is 2.67 bits per heavy atom. The van der Waals surface area contributed by atoms with Crippen molar-refractivity contribution in [3.63, 3.8) is 0 Å². The molecule has 0 aromatic heterocycles. The Bertz CT molecular complexity index is 184. The van der Waals surface area contributed by atoms with Crippen molar-refractivity contribution in [2.24, 2.45) is 5.92 Å². The molecule has 1 saturated carbocycles. The van der Waals surface area contributed by atoms with Crippen LogP contribution in [0, 0.1) is 5.92 Å². The van der Waals surface area contributed by atoms with E-state index in [1.165, 1.54) is 25.7 Å². The first-order chi connectivity index (χ1) is 7.27. The van der Waals surface area contributed by atoms with Crippen molar-refractivity contribution >= 4 is 0 Å². The van der Waals surface area contributed by atoms with Gasteiger partial charge in [-0.1, -0.05) is 0 Å². The Kier molecular flexibility index (Phi) is 4.00. The largest absolute Gasteiger partial charge is 0.380 e. The van der Waals surface area contributed by atoms with Gasteiger partial charge in [0.2, 0.25) is 0 Å². The molecule has 2 fully saturated rings. The minimum absolute atomic E-state index is 0.597. The summed E-state index contributed by atoms with van der Waals surface area (Å²) in [5.41, 5.74) is 0. The summed E-state index contributed by atoms with van der Waals surface area (Å²) in [6.07, 6.45) is 5.34. The lowest BCUT2D eigenvalue weighted by Gasteiger charge is -2.29. The predicted octanol–water partition coefficient (Wildman–Crippen LogP) is 1.10. The molecule has 1 N–H and O–H groups in total. The van der Waals surface area contributed by atoms with Crippen LogP contribution in [0.4, 0.5) is 0 Å². The summed E-state index contributed by atoms with van der Waals surface area (Å²) in [5, 5.41) is 3.66. The number of likely N-dealkylation sites (N-methyl/N-ethyl adjacent to an activating group) is 1. The molecule has 0 amide bonds. The molecule has 2 aliphatic rings. The highest BCUT2D eigenvalue weighted by atomic mass is 16.5. The molecule has 1 heterocycles. The van der Waals surface area contributed by atoms with E-state index in [0.29, 0.717) is 6.04 Å². The van der Waals surface area contributed by atoms with E-state index in [1.54, 1.807) is 0 Å². The molecule has 0 bridgehead atoms. The minimum atomic E-state index is 0.597. The van der Waals surface area contributed by atoms with Crippen molar-refractivity contribution in [3.05, 3.63) is 0 Å². The van der Waals surface area contributed by atoms with Crippen LogP contribution in [-0.4, -0.2) is 50.8 Å². The number of hydrogen-bond acceptors (Lipinski definition) is 3. The lowest BCUT2D eigenvalue weighted by Crippen LogP contribution is -2.45. The topological polar surface area (TPSA) is 24.5 Å². The van der Waals surface area contributed by atoms with Crippen molar-refractivity contribution in [2.75, 3.05) is 33.9 Å². The van der Waals surface area contributed by atoms with Crippen LogP contribution in [0.1, 0.15) is 25.7 Å². The second-order valence-corrected chi connectivity index (χ2v) is 5.19. The second kappa shape index (κ2) is 5.28. The van der Waals surface area contributed by atoms with Gasteiger partial charge in [0.15, 0.2) is 0 Å². The number of ether oxygens (including phenoxy) is 1. The summed E-state index contributed by atoms with van der Waals surface area (Å²) >= 11 is 0. The van der Waals surface area contributed by atoms with Gasteiger partial charge in [-0.05, 0) is 45.7 Å². The van der Waals surface area contributed by atoms with Crippen LogP contribution in [-0.2, 0) is 4.74 Å². The van der Waals surface area contributed by atoms with Gasteiger partial charge in [0.05, 0.1) is 6.61 Å². The van der Waals surface area contributed by atoms with Gasteiger partial charge < -0.3 is 15.0 Å². The smallest absolute Gasteiger partial charge is 0.0619 e. The maximum absolute atomic E-state index is 5.47. The van der Waals surface area contributed by atoms with Gasteiger partial charge in [-0.15, -0.1) is 0 Å². The van der Waals surface area contributed by atoms with E-state index in [9.17, 15) is 0 Å². The molecule has 88 valence electrons. The van der Waals surface area contributed by atoms with Gasteiger partial charge in [0.25, 0.3) is 0 Å². The molecule has 2 atom stereocenters. The molecule has 15 heavy (non-hydrogen) atoms. The van der Waals surface area contributed by atoms with Crippen molar-refractivity contribution in [3.8, 4) is 0 Å². The Hall–Kier alpha value is -0.120. The third-order valence-electron chi connectivity index (χ3n) is 3.61. The van der Waals surface area contributed by atoms with Crippen molar-refractivity contribution < 1.29 is 4.74 Å². The van der Waals surface area contributed by atoms with Crippen LogP contribution < -0.4 is 5.32 Å². The fourth-order valence-electron chi connectivity index (χ4n) is 2.44. The molecule has 2 unspecified atom stereocenters. The van der Waals surface area contributed by atoms with Gasteiger partial charge in [0, 0.05) is 25.2 Å². The summed E-state index contributed by atoms with van der Waals surface area (Å²) in [5.74, 6) is 0.942. The normalized spacial score (nSPS) is 29.4. The minimum Gasteiger partial charge on any atom is -0.380 e. The zero-order chi connectivity index (χ0) is 10.7. The molecule has 0 radical (unpaired) electrons. The highest BCUT2D eigenvalue weighted by molar-refractivity contribution is 4.88. The van der Waals surface area contributed by atoms with Gasteiger partial charge in [0.1, 0.15) is 0 Å². The zero-order valence-electron chi connectivity index (χ0n) is 10.0. The number of rotatable bonds is 5. The maximum Gasteiger partial charge on any atom is 0.0619 e. The van der Waals surface area contributed by atoms with Crippen molar-refractivity contribution in [1.82, 2.24) is 10.2 Å². The molecule has 2 rings (SSSR count). The molecule has 0 spiro atoms. The Labute approximate surface area is 93.2 Å². The van der Waals surface area contributed by atoms with E-state index < -0.39 is 0 Å². The van der Waals surface area contributed by atoms with E-state index in [-0.39, 0.29) is 0 Å². The predicted molar refractivity (Wildman–Crippen MR) is 62.0 cm³/mol. The molecule has 1 aliphatic carbocycles. The first kappa shape index (κ1) is 11.4. The summed E-state index contributed by atoms with van der Waals surface area (Å²) in [4.78, 5) is 2.37. The molecule has 1 saturated heterocycles. The molecule has 3 heteroatoms. The molecular formula is C12H24N2O. The molecule has 1 aliphatic heterocycles. The summed E-state index contributed by atoms with van der Waals surface area (Å²) in [6, 6.07) is 1.33. The molecular weight excluding hydrogens is 188 g/mol. The lowest BCUT2D eigenvalue weighted by atomic mass is 10.1. The average molecular weight is 212 g/mol. The highest BCUT2D eigenvalue weighted by Crippen LogP contribution is 2.34. The van der Waals surface area contributed by atoms with E-state index in [2.05, 4.69) is 24.3 Å². The first-order valence-electron chi connectivity index (χ1n) is 6.25. The molecule has 0 aromatic carbocycles. The van der Waals surface area contributed by atoms with Crippen LogP contribution in [0.5, 0.6) is 0 Å². The summed E-state index contributed by atoms with van der Waals surface area (Å²) < 4.78 is 5.47. The maximum atomic E-state index is 5.47. The second-order valence-electron chi connectivity index (χ2n) is 5.19. The lowest BCUT2D eigenvalue weighted by molar-refractivity contribution is 0.0674. The van der Waals surface area contributed by atoms with Crippen LogP contribution in [0.2, 0.25) is 0 Å². The summed E-state index contributed by atoms with van der Waals surface area (Å²) in [6.45, 7) is 2.99. The number of nitrogens with one attached hydrogen (secondary N) is 1. The van der Waals surface area contributed by atoms with Crippen LogP contribution >= 0.6 is 0 Å². The van der Waals surface area contributed by atoms with Gasteiger partial charge in [-0.2, -0.15) is 0 Å². The van der Waals surface area contributed by atoms with Gasteiger partial charge in [-0.25, -0.2) is 0 Å². The van der Waals surface area contributed by atoms with Crippen LogP contribution in [0.3, 0.4) is 0 Å². The Balaban J connectivity index is 1.69. The third-order valence-corrected chi connectivity index (χ3v) is 3.61.